The van der Waals surface area contributed by atoms with Crippen molar-refractivity contribution in [3.8, 4) is 0 Å². The lowest BCUT2D eigenvalue weighted by Gasteiger charge is -2.20. The molecule has 0 bridgehead atoms. The normalized spacial score (nSPS) is 16.8. The van der Waals surface area contributed by atoms with Crippen molar-refractivity contribution < 1.29 is 14.3 Å². The van der Waals surface area contributed by atoms with Gasteiger partial charge in [0.2, 0.25) is 0 Å². The van der Waals surface area contributed by atoms with Gasteiger partial charge in [-0.3, -0.25) is 15.0 Å². The molecule has 1 fully saturated rings. The van der Waals surface area contributed by atoms with Gasteiger partial charge >= 0.3 is 6.09 Å². The highest BCUT2D eigenvalue weighted by Crippen LogP contribution is 2.20. The van der Waals surface area contributed by atoms with Gasteiger partial charge in [-0.25, -0.2) is 9.78 Å². The first kappa shape index (κ1) is 20.1. The number of pyridine rings is 1. The number of ether oxygens (including phenoxy) is 1. The second-order valence-corrected chi connectivity index (χ2v) is 7.33. The van der Waals surface area contributed by atoms with Crippen LogP contribution in [0.5, 0.6) is 0 Å². The van der Waals surface area contributed by atoms with Crippen LogP contribution in [0.1, 0.15) is 30.6 Å². The minimum atomic E-state index is -0.569. The van der Waals surface area contributed by atoms with Gasteiger partial charge in [0.25, 0.3) is 5.91 Å². The predicted molar refractivity (Wildman–Crippen MR) is 109 cm³/mol. The molecule has 0 saturated carbocycles. The number of hydrogen-bond acceptors (Lipinski definition) is 5. The van der Waals surface area contributed by atoms with Crippen LogP contribution in [0, 0.1) is 0 Å². The second-order valence-electron chi connectivity index (χ2n) is 6.89. The highest BCUT2D eigenvalue weighted by atomic mass is 35.5. The Morgan fingerprint density at radius 1 is 1.21 bits per heavy atom. The predicted octanol–water partition coefficient (Wildman–Crippen LogP) is 4.02. The fraction of sp³-hybridized carbons (Fsp3) is 0.350. The van der Waals surface area contributed by atoms with E-state index in [2.05, 4.69) is 34.4 Å². The molecule has 2 N–H and O–H groups in total. The summed E-state index contributed by atoms with van der Waals surface area (Å²) in [7, 11) is 0. The summed E-state index contributed by atoms with van der Waals surface area (Å²) in [6.45, 7) is 5.86. The van der Waals surface area contributed by atoms with Crippen molar-refractivity contribution in [2.45, 2.75) is 32.4 Å². The van der Waals surface area contributed by atoms with Gasteiger partial charge in [0, 0.05) is 25.3 Å². The maximum absolute atomic E-state index is 12.6. The monoisotopic (exact) mass is 402 g/mol. The smallest absolute Gasteiger partial charge is 0.411 e. The van der Waals surface area contributed by atoms with E-state index in [1.165, 1.54) is 6.20 Å². The van der Waals surface area contributed by atoms with E-state index in [4.69, 9.17) is 16.3 Å². The van der Waals surface area contributed by atoms with Gasteiger partial charge in [-0.1, -0.05) is 23.7 Å². The van der Waals surface area contributed by atoms with Crippen molar-refractivity contribution in [1.82, 2.24) is 9.88 Å². The third-order valence-electron chi connectivity index (χ3n) is 4.56. The zero-order valence-corrected chi connectivity index (χ0v) is 16.6. The van der Waals surface area contributed by atoms with Crippen LogP contribution in [0.15, 0.2) is 42.6 Å². The Morgan fingerprint density at radius 3 is 2.68 bits per heavy atom. The van der Waals surface area contributed by atoms with Crippen LogP contribution in [0.3, 0.4) is 0 Å². The van der Waals surface area contributed by atoms with Crippen molar-refractivity contribution in [2.24, 2.45) is 0 Å². The summed E-state index contributed by atoms with van der Waals surface area (Å²) in [5, 5.41) is 5.84. The fourth-order valence-electron chi connectivity index (χ4n) is 3.03. The zero-order chi connectivity index (χ0) is 20.1. The van der Waals surface area contributed by atoms with E-state index < -0.39 is 12.0 Å². The molecule has 0 radical (unpaired) electrons. The molecule has 7 nitrogen and oxygen atoms in total. The van der Waals surface area contributed by atoms with Gasteiger partial charge in [-0.05, 0) is 44.5 Å². The lowest BCUT2D eigenvalue weighted by atomic mass is 10.1. The van der Waals surface area contributed by atoms with Crippen LogP contribution in [0.2, 0.25) is 5.02 Å². The van der Waals surface area contributed by atoms with Gasteiger partial charge in [-0.2, -0.15) is 0 Å². The minimum absolute atomic E-state index is 0.151. The molecule has 0 unspecified atom stereocenters. The van der Waals surface area contributed by atoms with Gasteiger partial charge in [-0.15, -0.1) is 0 Å². The SMILES string of the molecule is CC(C)N1CC[C@@H](OC(=O)Nc2ccccc2C(=O)Nc2ccc(Cl)cn2)C1. The number of carbonyl (C=O) groups is 2. The first-order valence-electron chi connectivity index (χ1n) is 9.16. The number of hydrogen-bond donors (Lipinski definition) is 2. The maximum atomic E-state index is 12.6. The van der Waals surface area contributed by atoms with Crippen LogP contribution < -0.4 is 10.6 Å². The lowest BCUT2D eigenvalue weighted by Crippen LogP contribution is -2.31. The Labute approximate surface area is 169 Å². The van der Waals surface area contributed by atoms with Crippen LogP contribution in [0.4, 0.5) is 16.3 Å². The van der Waals surface area contributed by atoms with Crippen LogP contribution >= 0.6 is 11.6 Å². The zero-order valence-electron chi connectivity index (χ0n) is 15.8. The molecule has 1 aromatic heterocycles. The molecule has 28 heavy (non-hydrogen) atoms. The second kappa shape index (κ2) is 9.03. The number of anilines is 2. The summed E-state index contributed by atoms with van der Waals surface area (Å²) in [6, 6.07) is 10.4. The molecular weight excluding hydrogens is 380 g/mol. The number of likely N-dealkylation sites (tertiary alicyclic amines) is 1. The Hall–Kier alpha value is -2.64. The van der Waals surface area contributed by atoms with Crippen molar-refractivity contribution in [3.05, 3.63) is 53.2 Å². The van der Waals surface area contributed by atoms with Gasteiger partial charge in [0.1, 0.15) is 11.9 Å². The molecule has 2 heterocycles. The van der Waals surface area contributed by atoms with E-state index in [-0.39, 0.29) is 6.10 Å². The number of rotatable bonds is 5. The molecule has 1 aliphatic rings. The number of carbonyl (C=O) groups excluding carboxylic acids is 2. The first-order chi connectivity index (χ1) is 13.4. The summed E-state index contributed by atoms with van der Waals surface area (Å²) >= 11 is 5.80. The molecule has 148 valence electrons. The minimum Gasteiger partial charge on any atom is -0.445 e. The van der Waals surface area contributed by atoms with Crippen molar-refractivity contribution >= 4 is 35.1 Å². The van der Waals surface area contributed by atoms with Crippen LogP contribution in [-0.4, -0.2) is 47.1 Å². The maximum Gasteiger partial charge on any atom is 0.411 e. The Morgan fingerprint density at radius 2 is 2.00 bits per heavy atom. The highest BCUT2D eigenvalue weighted by Gasteiger charge is 2.27. The number of nitrogens with zero attached hydrogens (tertiary/aromatic N) is 2. The number of aromatic nitrogens is 1. The third kappa shape index (κ3) is 5.21. The number of amides is 2. The molecule has 1 saturated heterocycles. The summed E-state index contributed by atoms with van der Waals surface area (Å²) < 4.78 is 5.51. The molecular formula is C20H23ClN4O3. The molecule has 1 atom stereocenters. The first-order valence-corrected chi connectivity index (χ1v) is 9.54. The standard InChI is InChI=1S/C20H23ClN4O3/c1-13(2)25-10-9-15(12-25)28-20(27)23-17-6-4-3-5-16(17)19(26)24-18-8-7-14(21)11-22-18/h3-8,11,13,15H,9-10,12H2,1-2H3,(H,23,27)(H,22,24,26)/t15-/m1/s1. The van der Waals surface area contributed by atoms with E-state index in [0.29, 0.717) is 28.1 Å². The summed E-state index contributed by atoms with van der Waals surface area (Å²) in [6.07, 6.45) is 1.53. The number of benzene rings is 1. The van der Waals surface area contributed by atoms with E-state index in [1.807, 2.05) is 0 Å². The molecule has 0 spiro atoms. The van der Waals surface area contributed by atoms with Gasteiger partial charge in [0.15, 0.2) is 0 Å². The van der Waals surface area contributed by atoms with Crippen molar-refractivity contribution in [1.29, 1.82) is 0 Å². The molecule has 2 aromatic rings. The van der Waals surface area contributed by atoms with E-state index in [0.717, 1.165) is 19.5 Å². The number of halogens is 1. The summed E-state index contributed by atoms with van der Waals surface area (Å²) in [4.78, 5) is 31.2. The quantitative estimate of drug-likeness (QED) is 0.789. The summed E-state index contributed by atoms with van der Waals surface area (Å²) in [5.41, 5.74) is 0.684. The van der Waals surface area contributed by atoms with Gasteiger partial charge in [0.05, 0.1) is 16.3 Å². The molecule has 3 rings (SSSR count). The Bertz CT molecular complexity index is 842. The number of para-hydroxylation sites is 1. The van der Waals surface area contributed by atoms with Crippen LogP contribution in [0.25, 0.3) is 0 Å². The van der Waals surface area contributed by atoms with E-state index >= 15 is 0 Å². The van der Waals surface area contributed by atoms with Crippen molar-refractivity contribution in [2.75, 3.05) is 23.7 Å². The molecule has 8 heteroatoms. The average molecular weight is 403 g/mol. The largest absolute Gasteiger partial charge is 0.445 e. The average Bonchev–Trinajstić information content (AvgIpc) is 3.12. The molecule has 1 aromatic carbocycles. The van der Waals surface area contributed by atoms with E-state index in [9.17, 15) is 9.59 Å². The fourth-order valence-corrected chi connectivity index (χ4v) is 3.15. The van der Waals surface area contributed by atoms with Crippen molar-refractivity contribution in [3.63, 3.8) is 0 Å². The summed E-state index contributed by atoms with van der Waals surface area (Å²) in [5.74, 6) is -0.0240. The van der Waals surface area contributed by atoms with Gasteiger partial charge < -0.3 is 10.1 Å². The van der Waals surface area contributed by atoms with Crippen LogP contribution in [-0.2, 0) is 4.74 Å². The molecule has 1 aliphatic heterocycles. The molecule has 2 amide bonds. The Kier molecular flexibility index (Phi) is 6.49. The van der Waals surface area contributed by atoms with E-state index in [1.54, 1.807) is 36.4 Å². The highest BCUT2D eigenvalue weighted by molar-refractivity contribution is 6.30. The Balaban J connectivity index is 1.62. The topological polar surface area (TPSA) is 83.6 Å². The third-order valence-corrected chi connectivity index (χ3v) is 4.78. The number of nitrogens with one attached hydrogen (secondary N) is 2. The lowest BCUT2D eigenvalue weighted by molar-refractivity contribution is 0.102. The molecule has 0 aliphatic carbocycles.